The molecule has 168 valence electrons. The van der Waals surface area contributed by atoms with E-state index in [1.54, 1.807) is 19.1 Å². The monoisotopic (exact) mass is 426 g/mol. The molecule has 4 nitrogen and oxygen atoms in total. The van der Waals surface area contributed by atoms with E-state index >= 15 is 0 Å². The van der Waals surface area contributed by atoms with Crippen LogP contribution in [0.3, 0.4) is 0 Å². The van der Waals surface area contributed by atoms with Crippen molar-refractivity contribution in [3.05, 3.63) is 23.3 Å². The number of aryl methyl sites for hydroxylation is 1. The Balaban J connectivity index is 2.27. The average Bonchev–Trinajstić information content (AvgIpc) is 2.64. The van der Waals surface area contributed by atoms with Crippen LogP contribution in [0, 0.1) is 6.92 Å². The molecule has 0 saturated heterocycles. The minimum Gasteiger partial charge on any atom is -0.493 e. The lowest BCUT2D eigenvalue weighted by Gasteiger charge is -2.17. The Kier molecular flexibility index (Phi) is 12.6. The van der Waals surface area contributed by atoms with E-state index in [0.717, 1.165) is 24.2 Å². The standard InChI is InChI=1S/C24H42O4S/c1-5-6-7-8-9-10-11-12-13-14-15-16-17-28-23-18-21(4)24(29(25,26)27)19-22(23)20(2)3/h18-20H,5-17H2,1-4H3,(H,25,26,27). The molecule has 0 atom stereocenters. The normalized spacial score (nSPS) is 11.9. The topological polar surface area (TPSA) is 63.6 Å². The molecular weight excluding hydrogens is 384 g/mol. The van der Waals surface area contributed by atoms with Gasteiger partial charge in [-0.25, -0.2) is 0 Å². The Morgan fingerprint density at radius 3 is 1.79 bits per heavy atom. The molecule has 1 aromatic carbocycles. The minimum atomic E-state index is -4.21. The second kappa shape index (κ2) is 14.0. The highest BCUT2D eigenvalue weighted by Gasteiger charge is 2.18. The van der Waals surface area contributed by atoms with Crippen molar-refractivity contribution < 1.29 is 17.7 Å². The van der Waals surface area contributed by atoms with Crippen molar-refractivity contribution in [2.45, 2.75) is 116 Å². The first-order chi connectivity index (χ1) is 13.8. The summed E-state index contributed by atoms with van der Waals surface area (Å²) in [5, 5.41) is 0. The van der Waals surface area contributed by atoms with Crippen molar-refractivity contribution in [3.63, 3.8) is 0 Å². The summed E-state index contributed by atoms with van der Waals surface area (Å²) in [6.07, 6.45) is 15.7. The summed E-state index contributed by atoms with van der Waals surface area (Å²) in [5.41, 5.74) is 1.34. The highest BCUT2D eigenvalue weighted by Crippen LogP contribution is 2.32. The Morgan fingerprint density at radius 2 is 1.34 bits per heavy atom. The second-order valence-corrected chi connectivity index (χ2v) is 9.91. The molecule has 0 aromatic heterocycles. The van der Waals surface area contributed by atoms with Gasteiger partial charge in [0, 0.05) is 0 Å². The fourth-order valence-corrected chi connectivity index (χ4v) is 4.40. The Labute approximate surface area is 179 Å². The van der Waals surface area contributed by atoms with Crippen LogP contribution in [0.25, 0.3) is 0 Å². The molecule has 0 aliphatic rings. The quantitative estimate of drug-likeness (QED) is 0.220. The van der Waals surface area contributed by atoms with Gasteiger partial charge in [-0.05, 0) is 42.5 Å². The molecule has 0 radical (unpaired) electrons. The van der Waals surface area contributed by atoms with Gasteiger partial charge in [-0.15, -0.1) is 0 Å². The summed E-state index contributed by atoms with van der Waals surface area (Å²) >= 11 is 0. The molecule has 0 amide bonds. The summed E-state index contributed by atoms with van der Waals surface area (Å²) in [4.78, 5) is -0.0288. The number of hydrogen-bond acceptors (Lipinski definition) is 3. The van der Waals surface area contributed by atoms with Crippen molar-refractivity contribution in [2.75, 3.05) is 6.61 Å². The van der Waals surface area contributed by atoms with E-state index in [1.807, 2.05) is 13.8 Å². The van der Waals surface area contributed by atoms with Crippen LogP contribution in [-0.2, 0) is 10.1 Å². The van der Waals surface area contributed by atoms with Crippen LogP contribution in [0.5, 0.6) is 5.75 Å². The Bertz CT molecular complexity index is 680. The lowest BCUT2D eigenvalue weighted by Crippen LogP contribution is -2.07. The molecule has 0 fully saturated rings. The number of rotatable bonds is 16. The highest BCUT2D eigenvalue weighted by atomic mass is 32.2. The maximum absolute atomic E-state index is 11.5. The smallest absolute Gasteiger partial charge is 0.294 e. The van der Waals surface area contributed by atoms with Crippen LogP contribution in [0.1, 0.15) is 115 Å². The van der Waals surface area contributed by atoms with E-state index in [4.69, 9.17) is 4.74 Å². The first-order valence-electron chi connectivity index (χ1n) is 11.5. The Morgan fingerprint density at radius 1 is 0.862 bits per heavy atom. The molecule has 0 bridgehead atoms. The average molecular weight is 427 g/mol. The number of ether oxygens (including phenoxy) is 1. The molecule has 0 heterocycles. The van der Waals surface area contributed by atoms with E-state index in [2.05, 4.69) is 6.92 Å². The summed E-state index contributed by atoms with van der Waals surface area (Å²) < 4.78 is 38.4. The molecule has 5 heteroatoms. The first kappa shape index (κ1) is 26.0. The van der Waals surface area contributed by atoms with Crippen LogP contribution in [0.15, 0.2) is 17.0 Å². The molecule has 1 aromatic rings. The van der Waals surface area contributed by atoms with Crippen LogP contribution in [-0.4, -0.2) is 19.6 Å². The SMILES string of the molecule is CCCCCCCCCCCCCCOc1cc(C)c(S(=O)(=O)O)cc1C(C)C. The van der Waals surface area contributed by atoms with Gasteiger partial charge in [0.15, 0.2) is 0 Å². The third kappa shape index (κ3) is 10.5. The summed E-state index contributed by atoms with van der Waals surface area (Å²) in [7, 11) is -4.21. The van der Waals surface area contributed by atoms with Gasteiger partial charge in [0.05, 0.1) is 11.5 Å². The van der Waals surface area contributed by atoms with Gasteiger partial charge < -0.3 is 4.74 Å². The van der Waals surface area contributed by atoms with Crippen molar-refractivity contribution in [3.8, 4) is 5.75 Å². The van der Waals surface area contributed by atoms with Crippen molar-refractivity contribution >= 4 is 10.1 Å². The largest absolute Gasteiger partial charge is 0.493 e. The third-order valence-electron chi connectivity index (χ3n) is 5.46. The lowest BCUT2D eigenvalue weighted by molar-refractivity contribution is 0.300. The van der Waals surface area contributed by atoms with E-state index < -0.39 is 10.1 Å². The maximum atomic E-state index is 11.5. The summed E-state index contributed by atoms with van der Waals surface area (Å²) in [6, 6.07) is 3.28. The molecule has 0 spiro atoms. The van der Waals surface area contributed by atoms with Crippen molar-refractivity contribution in [1.82, 2.24) is 0 Å². The van der Waals surface area contributed by atoms with Gasteiger partial charge in [-0.1, -0.05) is 91.4 Å². The number of hydrogen-bond donors (Lipinski definition) is 1. The van der Waals surface area contributed by atoms with Gasteiger partial charge in [0.1, 0.15) is 5.75 Å². The van der Waals surface area contributed by atoms with Gasteiger partial charge in [0.2, 0.25) is 0 Å². The zero-order valence-corrected chi connectivity index (χ0v) is 19.8. The molecule has 0 aliphatic heterocycles. The molecule has 0 unspecified atom stereocenters. The van der Waals surface area contributed by atoms with E-state index in [9.17, 15) is 13.0 Å². The third-order valence-corrected chi connectivity index (χ3v) is 6.46. The second-order valence-electron chi connectivity index (χ2n) is 8.52. The molecular formula is C24H42O4S. The minimum absolute atomic E-state index is 0.0288. The molecule has 29 heavy (non-hydrogen) atoms. The van der Waals surface area contributed by atoms with Gasteiger partial charge >= 0.3 is 0 Å². The number of unbranched alkanes of at least 4 members (excludes halogenated alkanes) is 11. The van der Waals surface area contributed by atoms with Gasteiger partial charge in [-0.2, -0.15) is 8.42 Å². The maximum Gasteiger partial charge on any atom is 0.294 e. The zero-order valence-electron chi connectivity index (χ0n) is 19.0. The molecule has 0 aliphatic carbocycles. The highest BCUT2D eigenvalue weighted by molar-refractivity contribution is 7.85. The fraction of sp³-hybridized carbons (Fsp3) is 0.750. The first-order valence-corrected chi connectivity index (χ1v) is 13.0. The predicted octanol–water partition coefficient (Wildman–Crippen LogP) is 7.45. The lowest BCUT2D eigenvalue weighted by atomic mass is 10.0. The van der Waals surface area contributed by atoms with Crippen molar-refractivity contribution in [2.24, 2.45) is 0 Å². The molecule has 1 rings (SSSR count). The summed E-state index contributed by atoms with van der Waals surface area (Å²) in [5.74, 6) is 0.848. The van der Waals surface area contributed by atoms with Crippen LogP contribution >= 0.6 is 0 Å². The zero-order chi connectivity index (χ0) is 21.7. The van der Waals surface area contributed by atoms with Gasteiger partial charge in [-0.3, -0.25) is 4.55 Å². The van der Waals surface area contributed by atoms with Gasteiger partial charge in [0.25, 0.3) is 10.1 Å². The van der Waals surface area contributed by atoms with Crippen LogP contribution < -0.4 is 4.74 Å². The fourth-order valence-electron chi connectivity index (χ4n) is 3.66. The molecule has 0 saturated carbocycles. The Hall–Kier alpha value is -1.07. The predicted molar refractivity (Wildman–Crippen MR) is 122 cm³/mol. The van der Waals surface area contributed by atoms with Crippen LogP contribution in [0.4, 0.5) is 0 Å². The van der Waals surface area contributed by atoms with E-state index in [0.29, 0.717) is 12.2 Å². The molecule has 1 N–H and O–H groups in total. The van der Waals surface area contributed by atoms with Crippen molar-refractivity contribution in [1.29, 1.82) is 0 Å². The van der Waals surface area contributed by atoms with Crippen LogP contribution in [0.2, 0.25) is 0 Å². The van der Waals surface area contributed by atoms with E-state index in [1.165, 1.54) is 64.2 Å². The summed E-state index contributed by atoms with van der Waals surface area (Å²) in [6.45, 7) is 8.57. The number of benzene rings is 1. The van der Waals surface area contributed by atoms with E-state index in [-0.39, 0.29) is 10.8 Å².